The summed E-state index contributed by atoms with van der Waals surface area (Å²) in [5, 5.41) is 0. The zero-order chi connectivity index (χ0) is 12.9. The van der Waals surface area contributed by atoms with E-state index in [1.165, 1.54) is 10.5 Å². The van der Waals surface area contributed by atoms with Crippen molar-refractivity contribution < 1.29 is 13.2 Å². The smallest absolute Gasteiger partial charge is 0.244 e. The number of likely N-dealkylation sites (N-methyl/N-ethyl adjacent to an activating group) is 1. The molecule has 0 unspecified atom stereocenters. The lowest BCUT2D eigenvalue weighted by Crippen LogP contribution is -2.33. The van der Waals surface area contributed by atoms with Gasteiger partial charge in [0.1, 0.15) is 0 Å². The van der Waals surface area contributed by atoms with E-state index in [-0.39, 0.29) is 10.8 Å². The SMILES string of the molecule is CCN(CCOC)S(=O)(=O)c1c[nH]c(CCl)c1. The summed E-state index contributed by atoms with van der Waals surface area (Å²) in [7, 11) is -1.91. The van der Waals surface area contributed by atoms with Gasteiger partial charge in [-0.1, -0.05) is 6.92 Å². The molecule has 0 fully saturated rings. The molecule has 7 heteroatoms. The summed E-state index contributed by atoms with van der Waals surface area (Å²) in [5.74, 6) is 0.264. The van der Waals surface area contributed by atoms with E-state index in [0.29, 0.717) is 25.4 Å². The Labute approximate surface area is 107 Å². The molecule has 0 radical (unpaired) electrons. The second-order valence-electron chi connectivity index (χ2n) is 3.48. The van der Waals surface area contributed by atoms with Crippen LogP contribution < -0.4 is 0 Å². The van der Waals surface area contributed by atoms with Gasteiger partial charge in [0.2, 0.25) is 10.0 Å². The molecule has 0 aliphatic carbocycles. The molecule has 0 aliphatic heterocycles. The van der Waals surface area contributed by atoms with Crippen molar-refractivity contribution in [3.05, 3.63) is 18.0 Å². The van der Waals surface area contributed by atoms with E-state index in [4.69, 9.17) is 16.3 Å². The highest BCUT2D eigenvalue weighted by molar-refractivity contribution is 7.89. The van der Waals surface area contributed by atoms with Crippen molar-refractivity contribution in [3.63, 3.8) is 0 Å². The minimum absolute atomic E-state index is 0.242. The Morgan fingerprint density at radius 3 is 2.71 bits per heavy atom. The van der Waals surface area contributed by atoms with Crippen LogP contribution in [0.1, 0.15) is 12.6 Å². The third-order valence-corrected chi connectivity index (χ3v) is 4.64. The van der Waals surface area contributed by atoms with Gasteiger partial charge in [-0.2, -0.15) is 4.31 Å². The summed E-state index contributed by atoms with van der Waals surface area (Å²) in [6.45, 7) is 2.92. The number of nitrogens with one attached hydrogen (secondary N) is 1. The van der Waals surface area contributed by atoms with E-state index in [0.717, 1.165) is 0 Å². The lowest BCUT2D eigenvalue weighted by atomic mass is 10.5. The van der Waals surface area contributed by atoms with Crippen molar-refractivity contribution in [1.29, 1.82) is 0 Å². The molecule has 0 saturated carbocycles. The van der Waals surface area contributed by atoms with Crippen LogP contribution in [-0.2, 0) is 20.6 Å². The second-order valence-corrected chi connectivity index (χ2v) is 5.69. The van der Waals surface area contributed by atoms with Crippen LogP contribution in [0.5, 0.6) is 0 Å². The predicted octanol–water partition coefficient (Wildman–Crippen LogP) is 1.41. The summed E-state index contributed by atoms with van der Waals surface area (Å²) < 4.78 is 30.7. The van der Waals surface area contributed by atoms with Crippen LogP contribution in [-0.4, -0.2) is 44.5 Å². The minimum Gasteiger partial charge on any atom is -0.383 e. The molecule has 0 bridgehead atoms. The van der Waals surface area contributed by atoms with E-state index in [1.54, 1.807) is 20.1 Å². The molecule has 1 rings (SSSR count). The van der Waals surface area contributed by atoms with Crippen LogP contribution in [0.2, 0.25) is 0 Å². The van der Waals surface area contributed by atoms with Gasteiger partial charge < -0.3 is 9.72 Å². The van der Waals surface area contributed by atoms with Crippen molar-refractivity contribution in [3.8, 4) is 0 Å². The number of aromatic amines is 1. The van der Waals surface area contributed by atoms with Crippen molar-refractivity contribution in [1.82, 2.24) is 9.29 Å². The summed E-state index contributed by atoms with van der Waals surface area (Å²) in [4.78, 5) is 3.07. The van der Waals surface area contributed by atoms with E-state index in [2.05, 4.69) is 4.98 Å². The summed E-state index contributed by atoms with van der Waals surface area (Å²) in [6, 6.07) is 1.55. The first-order valence-corrected chi connectivity index (χ1v) is 7.26. The Kier molecular flexibility index (Phi) is 5.45. The molecular weight excluding hydrogens is 264 g/mol. The monoisotopic (exact) mass is 280 g/mol. The van der Waals surface area contributed by atoms with Gasteiger partial charge in [-0.05, 0) is 6.07 Å². The zero-order valence-electron chi connectivity index (χ0n) is 9.94. The van der Waals surface area contributed by atoms with Crippen LogP contribution in [0, 0.1) is 0 Å². The second kappa shape index (κ2) is 6.39. The Morgan fingerprint density at radius 2 is 2.24 bits per heavy atom. The first-order chi connectivity index (χ1) is 8.06. The molecule has 98 valence electrons. The number of H-pyrrole nitrogens is 1. The number of halogens is 1. The first-order valence-electron chi connectivity index (χ1n) is 5.28. The molecule has 0 spiro atoms. The number of methoxy groups -OCH3 is 1. The molecule has 0 atom stereocenters. The predicted molar refractivity (Wildman–Crippen MR) is 66.7 cm³/mol. The number of rotatable bonds is 7. The number of alkyl halides is 1. The Balaban J connectivity index is 2.91. The maximum atomic E-state index is 12.2. The number of nitrogens with zero attached hydrogens (tertiary/aromatic N) is 1. The molecule has 5 nitrogen and oxygen atoms in total. The van der Waals surface area contributed by atoms with Gasteiger partial charge in [0.25, 0.3) is 0 Å². The molecule has 0 aromatic carbocycles. The quantitative estimate of drug-likeness (QED) is 0.768. The Morgan fingerprint density at radius 1 is 1.53 bits per heavy atom. The highest BCUT2D eigenvalue weighted by Gasteiger charge is 2.23. The fourth-order valence-corrected chi connectivity index (χ4v) is 3.04. The van der Waals surface area contributed by atoms with Gasteiger partial charge in [-0.3, -0.25) is 0 Å². The number of ether oxygens (including phenoxy) is 1. The van der Waals surface area contributed by atoms with Crippen molar-refractivity contribution in [2.45, 2.75) is 17.7 Å². The van der Waals surface area contributed by atoms with E-state index < -0.39 is 10.0 Å². The number of hydrogen-bond acceptors (Lipinski definition) is 3. The van der Waals surface area contributed by atoms with E-state index in [1.807, 2.05) is 0 Å². The van der Waals surface area contributed by atoms with Crippen LogP contribution in [0.25, 0.3) is 0 Å². The maximum absolute atomic E-state index is 12.2. The molecule has 0 amide bonds. The largest absolute Gasteiger partial charge is 0.383 e. The third kappa shape index (κ3) is 3.45. The number of hydrogen-bond donors (Lipinski definition) is 1. The highest BCUT2D eigenvalue weighted by Crippen LogP contribution is 2.17. The standard InChI is InChI=1S/C10H17ClN2O3S/c1-3-13(4-5-16-2)17(14,15)10-6-9(7-11)12-8-10/h6,8,12H,3-5,7H2,1-2H3. The molecule has 1 aromatic rings. The minimum atomic E-state index is -3.45. The molecular formula is C10H17ClN2O3S. The van der Waals surface area contributed by atoms with Crippen LogP contribution in [0.4, 0.5) is 0 Å². The fraction of sp³-hybridized carbons (Fsp3) is 0.600. The normalized spacial score (nSPS) is 12.2. The van der Waals surface area contributed by atoms with E-state index in [9.17, 15) is 8.42 Å². The Bertz CT molecular complexity index is 444. The van der Waals surface area contributed by atoms with Crippen molar-refractivity contribution in [2.75, 3.05) is 26.8 Å². The molecule has 1 N–H and O–H groups in total. The Hall–Kier alpha value is -0.560. The molecule has 0 aliphatic rings. The lowest BCUT2D eigenvalue weighted by Gasteiger charge is -2.18. The summed E-state index contributed by atoms with van der Waals surface area (Å²) in [6.07, 6.45) is 1.46. The molecule has 1 heterocycles. The highest BCUT2D eigenvalue weighted by atomic mass is 35.5. The molecule has 1 aromatic heterocycles. The van der Waals surface area contributed by atoms with Gasteiger partial charge in [-0.25, -0.2) is 8.42 Å². The maximum Gasteiger partial charge on any atom is 0.244 e. The fourth-order valence-electron chi connectivity index (χ4n) is 1.44. The van der Waals surface area contributed by atoms with Gasteiger partial charge in [-0.15, -0.1) is 11.6 Å². The van der Waals surface area contributed by atoms with Gasteiger partial charge in [0, 0.05) is 32.1 Å². The average Bonchev–Trinajstić information content (AvgIpc) is 2.79. The number of aromatic nitrogens is 1. The molecule has 17 heavy (non-hydrogen) atoms. The topological polar surface area (TPSA) is 62.4 Å². The van der Waals surface area contributed by atoms with Crippen LogP contribution >= 0.6 is 11.6 Å². The van der Waals surface area contributed by atoms with Crippen LogP contribution in [0.3, 0.4) is 0 Å². The number of sulfonamides is 1. The lowest BCUT2D eigenvalue weighted by molar-refractivity contribution is 0.180. The van der Waals surface area contributed by atoms with Crippen LogP contribution in [0.15, 0.2) is 17.2 Å². The van der Waals surface area contributed by atoms with E-state index >= 15 is 0 Å². The summed E-state index contributed by atoms with van der Waals surface area (Å²) in [5.41, 5.74) is 0.688. The van der Waals surface area contributed by atoms with Gasteiger partial charge in [0.15, 0.2) is 0 Å². The summed E-state index contributed by atoms with van der Waals surface area (Å²) >= 11 is 5.63. The first kappa shape index (κ1) is 14.5. The van der Waals surface area contributed by atoms with Gasteiger partial charge >= 0.3 is 0 Å². The van der Waals surface area contributed by atoms with Crippen molar-refractivity contribution in [2.24, 2.45) is 0 Å². The zero-order valence-corrected chi connectivity index (χ0v) is 11.5. The molecule has 0 saturated heterocycles. The third-order valence-electron chi connectivity index (χ3n) is 2.40. The average molecular weight is 281 g/mol. The van der Waals surface area contributed by atoms with Gasteiger partial charge in [0.05, 0.1) is 17.4 Å². The van der Waals surface area contributed by atoms with Crippen molar-refractivity contribution >= 4 is 21.6 Å².